The number of carbonyl (C=O) groups is 2. The van der Waals surface area contributed by atoms with Crippen LogP contribution in [0.5, 0.6) is 0 Å². The van der Waals surface area contributed by atoms with Crippen LogP contribution in [-0.2, 0) is 4.79 Å². The van der Waals surface area contributed by atoms with Crippen LogP contribution in [0.3, 0.4) is 0 Å². The van der Waals surface area contributed by atoms with Gasteiger partial charge >= 0.3 is 12.0 Å². The monoisotopic (exact) mass is 271 g/mol. The lowest BCUT2D eigenvalue weighted by atomic mass is 10.0. The fourth-order valence-electron chi connectivity index (χ4n) is 2.40. The molecule has 1 aliphatic heterocycles. The van der Waals surface area contributed by atoms with Gasteiger partial charge in [0, 0.05) is 19.1 Å². The first-order valence-corrected chi connectivity index (χ1v) is 6.99. The summed E-state index contributed by atoms with van der Waals surface area (Å²) in [6.07, 6.45) is 4.24. The molecule has 6 heteroatoms. The Kier molecular flexibility index (Phi) is 6.62. The van der Waals surface area contributed by atoms with Gasteiger partial charge in [0.2, 0.25) is 0 Å². The van der Waals surface area contributed by atoms with E-state index < -0.39 is 5.97 Å². The van der Waals surface area contributed by atoms with Crippen LogP contribution in [-0.4, -0.2) is 66.2 Å². The van der Waals surface area contributed by atoms with Gasteiger partial charge in [0.15, 0.2) is 0 Å². The maximum absolute atomic E-state index is 12.0. The van der Waals surface area contributed by atoms with Crippen LogP contribution in [0.25, 0.3) is 0 Å². The van der Waals surface area contributed by atoms with E-state index in [9.17, 15) is 9.59 Å². The molecule has 19 heavy (non-hydrogen) atoms. The average Bonchev–Trinajstić information content (AvgIpc) is 2.36. The summed E-state index contributed by atoms with van der Waals surface area (Å²) in [5, 5.41) is 11.6. The van der Waals surface area contributed by atoms with Crippen molar-refractivity contribution in [3.8, 4) is 0 Å². The molecular formula is C13H25N3O3. The molecule has 0 radical (unpaired) electrons. The molecule has 2 N–H and O–H groups in total. The minimum atomic E-state index is -0.974. The predicted octanol–water partition coefficient (Wildman–Crippen LogP) is 0.977. The second-order valence-electron chi connectivity index (χ2n) is 5.13. The van der Waals surface area contributed by atoms with Crippen molar-refractivity contribution in [1.82, 2.24) is 15.1 Å². The molecule has 1 unspecified atom stereocenters. The van der Waals surface area contributed by atoms with Gasteiger partial charge in [-0.25, -0.2) is 4.79 Å². The van der Waals surface area contributed by atoms with Crippen molar-refractivity contribution in [2.24, 2.45) is 0 Å². The summed E-state index contributed by atoms with van der Waals surface area (Å²) in [6.45, 7) is 3.82. The van der Waals surface area contributed by atoms with Crippen molar-refractivity contribution in [2.75, 3.05) is 33.2 Å². The average molecular weight is 271 g/mol. The molecule has 0 spiro atoms. The number of nitrogens with one attached hydrogen (secondary N) is 1. The SMILES string of the molecule is CCCN(CC(=O)O)C(=O)NCC1CCCCN1C. The van der Waals surface area contributed by atoms with Crippen molar-refractivity contribution in [2.45, 2.75) is 38.6 Å². The minimum absolute atomic E-state index is 0.236. The molecule has 1 heterocycles. The number of rotatable bonds is 6. The van der Waals surface area contributed by atoms with Gasteiger partial charge in [0.1, 0.15) is 6.54 Å². The summed E-state index contributed by atoms with van der Waals surface area (Å²) in [6, 6.07) is 0.0919. The van der Waals surface area contributed by atoms with Crippen molar-refractivity contribution >= 4 is 12.0 Å². The summed E-state index contributed by atoms with van der Waals surface area (Å²) in [4.78, 5) is 26.3. The number of urea groups is 1. The maximum Gasteiger partial charge on any atom is 0.323 e. The lowest BCUT2D eigenvalue weighted by Crippen LogP contribution is -2.49. The lowest BCUT2D eigenvalue weighted by molar-refractivity contribution is -0.137. The number of hydrogen-bond donors (Lipinski definition) is 2. The first-order valence-electron chi connectivity index (χ1n) is 6.99. The van der Waals surface area contributed by atoms with Crippen molar-refractivity contribution in [3.63, 3.8) is 0 Å². The Hall–Kier alpha value is -1.30. The maximum atomic E-state index is 12.0. The van der Waals surface area contributed by atoms with Crippen molar-refractivity contribution in [1.29, 1.82) is 0 Å². The summed E-state index contributed by atoms with van der Waals surface area (Å²) >= 11 is 0. The molecule has 110 valence electrons. The van der Waals surface area contributed by atoms with Crippen LogP contribution in [0, 0.1) is 0 Å². The molecule has 1 saturated heterocycles. The van der Waals surface area contributed by atoms with Crippen LogP contribution in [0.15, 0.2) is 0 Å². The molecule has 6 nitrogen and oxygen atoms in total. The van der Waals surface area contributed by atoms with Crippen molar-refractivity contribution < 1.29 is 14.7 Å². The predicted molar refractivity (Wildman–Crippen MR) is 73.2 cm³/mol. The van der Waals surface area contributed by atoms with Gasteiger partial charge in [0.25, 0.3) is 0 Å². The molecule has 1 aliphatic rings. The zero-order chi connectivity index (χ0) is 14.3. The highest BCUT2D eigenvalue weighted by atomic mass is 16.4. The molecule has 0 aromatic rings. The Morgan fingerprint density at radius 3 is 2.74 bits per heavy atom. The Morgan fingerprint density at radius 2 is 2.16 bits per heavy atom. The molecule has 2 amide bonds. The normalized spacial score (nSPS) is 20.0. The number of aliphatic carboxylic acids is 1. The van der Waals surface area contributed by atoms with E-state index in [-0.39, 0.29) is 12.6 Å². The van der Waals surface area contributed by atoms with Gasteiger partial charge in [-0.15, -0.1) is 0 Å². The minimum Gasteiger partial charge on any atom is -0.480 e. The van der Waals surface area contributed by atoms with Gasteiger partial charge in [-0.1, -0.05) is 13.3 Å². The summed E-state index contributed by atoms with van der Waals surface area (Å²) < 4.78 is 0. The van der Waals surface area contributed by atoms with E-state index in [0.29, 0.717) is 19.1 Å². The summed E-state index contributed by atoms with van der Waals surface area (Å²) in [7, 11) is 2.07. The zero-order valence-electron chi connectivity index (χ0n) is 11.9. The van der Waals surface area contributed by atoms with E-state index in [2.05, 4.69) is 17.3 Å². The first-order chi connectivity index (χ1) is 9.04. The fourth-order valence-corrected chi connectivity index (χ4v) is 2.40. The lowest BCUT2D eigenvalue weighted by Gasteiger charge is -2.33. The second kappa shape index (κ2) is 7.99. The molecule has 0 aliphatic carbocycles. The zero-order valence-corrected chi connectivity index (χ0v) is 11.9. The number of hydrogen-bond acceptors (Lipinski definition) is 3. The van der Waals surface area contributed by atoms with E-state index in [1.807, 2.05) is 6.92 Å². The van der Waals surface area contributed by atoms with Crippen LogP contribution < -0.4 is 5.32 Å². The highest BCUT2D eigenvalue weighted by Crippen LogP contribution is 2.14. The van der Waals surface area contributed by atoms with Crippen LogP contribution >= 0.6 is 0 Å². The number of carboxylic acids is 1. The molecule has 1 fully saturated rings. The number of likely N-dealkylation sites (tertiary alicyclic amines) is 1. The summed E-state index contributed by atoms with van der Waals surface area (Å²) in [5.41, 5.74) is 0. The van der Waals surface area contributed by atoms with Crippen LogP contribution in [0.1, 0.15) is 32.6 Å². The number of carbonyl (C=O) groups excluding carboxylic acids is 1. The fraction of sp³-hybridized carbons (Fsp3) is 0.846. The molecular weight excluding hydrogens is 246 g/mol. The standard InChI is InChI=1S/C13H25N3O3/c1-3-7-16(10-12(17)18)13(19)14-9-11-6-4-5-8-15(11)2/h11H,3-10H2,1-2H3,(H,14,19)(H,17,18). The molecule has 0 aromatic heterocycles. The Bertz CT molecular complexity index is 310. The molecule has 0 saturated carbocycles. The largest absolute Gasteiger partial charge is 0.480 e. The highest BCUT2D eigenvalue weighted by molar-refractivity contribution is 5.80. The van der Waals surface area contributed by atoms with Crippen LogP contribution in [0.4, 0.5) is 4.79 Å². The molecule has 1 rings (SSSR count). The smallest absolute Gasteiger partial charge is 0.323 e. The van der Waals surface area contributed by atoms with Crippen LogP contribution in [0.2, 0.25) is 0 Å². The number of piperidine rings is 1. The Balaban J connectivity index is 2.40. The Labute approximate surface area is 114 Å². The number of carboxylic acid groups (broad SMARTS) is 1. The first kappa shape index (κ1) is 15.8. The topological polar surface area (TPSA) is 72.9 Å². The highest BCUT2D eigenvalue weighted by Gasteiger charge is 2.21. The van der Waals surface area contributed by atoms with E-state index in [0.717, 1.165) is 19.4 Å². The number of likely N-dealkylation sites (N-methyl/N-ethyl adjacent to an activating group) is 1. The van der Waals surface area contributed by atoms with Gasteiger partial charge in [0.05, 0.1) is 0 Å². The third-order valence-electron chi connectivity index (χ3n) is 3.52. The Morgan fingerprint density at radius 1 is 1.42 bits per heavy atom. The van der Waals surface area contributed by atoms with Gasteiger partial charge in [-0.3, -0.25) is 4.79 Å². The number of amides is 2. The summed E-state index contributed by atoms with van der Waals surface area (Å²) in [5.74, 6) is -0.974. The number of nitrogens with zero attached hydrogens (tertiary/aromatic N) is 2. The third-order valence-corrected chi connectivity index (χ3v) is 3.52. The van der Waals surface area contributed by atoms with Gasteiger partial charge < -0.3 is 20.2 Å². The third kappa shape index (κ3) is 5.46. The van der Waals surface area contributed by atoms with Gasteiger partial charge in [-0.2, -0.15) is 0 Å². The molecule has 1 atom stereocenters. The van der Waals surface area contributed by atoms with E-state index in [1.54, 1.807) is 0 Å². The quantitative estimate of drug-likeness (QED) is 0.755. The van der Waals surface area contributed by atoms with E-state index in [1.165, 1.54) is 17.7 Å². The second-order valence-corrected chi connectivity index (χ2v) is 5.13. The van der Waals surface area contributed by atoms with E-state index >= 15 is 0 Å². The molecule has 0 bridgehead atoms. The van der Waals surface area contributed by atoms with Gasteiger partial charge in [-0.05, 0) is 32.9 Å². The van der Waals surface area contributed by atoms with Crippen molar-refractivity contribution in [3.05, 3.63) is 0 Å². The molecule has 0 aromatic carbocycles. The van der Waals surface area contributed by atoms with E-state index in [4.69, 9.17) is 5.11 Å².